The Hall–Kier alpha value is -1.65. The maximum absolute atomic E-state index is 12.5. The zero-order valence-corrected chi connectivity index (χ0v) is 18.0. The normalized spacial score (nSPS) is 11.1. The lowest BCUT2D eigenvalue weighted by Crippen LogP contribution is -2.18. The molecule has 0 fully saturated rings. The van der Waals surface area contributed by atoms with Crippen LogP contribution in [0.1, 0.15) is 50.7 Å². The molecule has 3 nitrogen and oxygen atoms in total. The minimum atomic E-state index is 0.0211. The zero-order chi connectivity index (χ0) is 19.8. The molecule has 0 aliphatic rings. The number of thioether (sulfide) groups is 1. The van der Waals surface area contributed by atoms with Crippen molar-refractivity contribution in [3.05, 3.63) is 58.6 Å². The Bertz CT molecular complexity index is 735. The van der Waals surface area contributed by atoms with Crippen molar-refractivity contribution < 1.29 is 9.53 Å². The van der Waals surface area contributed by atoms with Gasteiger partial charge in [-0.05, 0) is 35.1 Å². The largest absolute Gasteiger partial charge is 0.491 e. The van der Waals surface area contributed by atoms with Crippen LogP contribution in [0.2, 0.25) is 5.02 Å². The molecule has 2 rings (SSSR count). The fourth-order valence-electron chi connectivity index (χ4n) is 2.81. The highest BCUT2D eigenvalue weighted by Crippen LogP contribution is 2.32. The Labute approximate surface area is 171 Å². The molecule has 0 radical (unpaired) electrons. The first kappa shape index (κ1) is 21.6. The zero-order valence-electron chi connectivity index (χ0n) is 16.4. The van der Waals surface area contributed by atoms with Gasteiger partial charge in [0, 0.05) is 11.4 Å². The fourth-order valence-corrected chi connectivity index (χ4v) is 3.60. The standard InChI is InChI=1S/C22H28ClNO2S/c1-15(2)17-8-7-9-18(16(3)4)22(17)24-21(25)14-27-13-12-26-20-11-6-5-10-19(20)23/h5-11,15-16H,12-14H2,1-4H3,(H,24,25). The molecule has 27 heavy (non-hydrogen) atoms. The van der Waals surface area contributed by atoms with Crippen molar-refractivity contribution in [2.75, 3.05) is 23.4 Å². The topological polar surface area (TPSA) is 38.3 Å². The molecule has 0 saturated heterocycles. The van der Waals surface area contributed by atoms with Crippen molar-refractivity contribution in [2.45, 2.75) is 39.5 Å². The third kappa shape index (κ3) is 6.47. The molecule has 0 bridgehead atoms. The van der Waals surface area contributed by atoms with Crippen LogP contribution in [-0.2, 0) is 4.79 Å². The number of hydrogen-bond acceptors (Lipinski definition) is 3. The number of amides is 1. The first-order valence-corrected chi connectivity index (χ1v) is 10.8. The fraction of sp³-hybridized carbons (Fsp3) is 0.409. The Kier molecular flexibility index (Phi) is 8.52. The average Bonchev–Trinajstić information content (AvgIpc) is 2.62. The molecular formula is C22H28ClNO2S. The number of anilines is 1. The van der Waals surface area contributed by atoms with Crippen molar-refractivity contribution in [1.82, 2.24) is 0 Å². The number of halogens is 1. The maximum atomic E-state index is 12.5. The minimum absolute atomic E-state index is 0.0211. The number of rotatable bonds is 9. The quantitative estimate of drug-likeness (QED) is 0.495. The van der Waals surface area contributed by atoms with Crippen LogP contribution in [0.25, 0.3) is 0 Å². The summed E-state index contributed by atoms with van der Waals surface area (Å²) in [5.74, 6) is 2.54. The second kappa shape index (κ2) is 10.6. The number of benzene rings is 2. The van der Waals surface area contributed by atoms with E-state index < -0.39 is 0 Å². The molecular weight excluding hydrogens is 378 g/mol. The number of para-hydroxylation sites is 2. The molecule has 2 aromatic rings. The Morgan fingerprint density at radius 2 is 1.67 bits per heavy atom. The molecule has 0 aliphatic heterocycles. The first-order chi connectivity index (χ1) is 12.9. The molecule has 0 aliphatic carbocycles. The van der Waals surface area contributed by atoms with Gasteiger partial charge in [0.05, 0.1) is 17.4 Å². The van der Waals surface area contributed by atoms with Crippen LogP contribution in [0.3, 0.4) is 0 Å². The second-order valence-corrected chi connectivity index (χ2v) is 8.51. The van der Waals surface area contributed by atoms with E-state index in [0.29, 0.717) is 35.0 Å². The third-order valence-electron chi connectivity index (χ3n) is 4.19. The summed E-state index contributed by atoms with van der Waals surface area (Å²) in [7, 11) is 0. The molecule has 5 heteroatoms. The lowest BCUT2D eigenvalue weighted by atomic mass is 9.92. The monoisotopic (exact) mass is 405 g/mol. The molecule has 0 spiro atoms. The number of nitrogens with one attached hydrogen (secondary N) is 1. The van der Waals surface area contributed by atoms with E-state index in [2.05, 4.69) is 51.2 Å². The third-order valence-corrected chi connectivity index (χ3v) is 5.43. The van der Waals surface area contributed by atoms with Gasteiger partial charge in [0.1, 0.15) is 5.75 Å². The predicted octanol–water partition coefficient (Wildman–Crippen LogP) is 6.34. The van der Waals surface area contributed by atoms with Crippen molar-refractivity contribution >= 4 is 35.0 Å². The Balaban J connectivity index is 1.86. The van der Waals surface area contributed by atoms with E-state index in [9.17, 15) is 4.79 Å². The van der Waals surface area contributed by atoms with Crippen molar-refractivity contribution in [3.8, 4) is 5.75 Å². The van der Waals surface area contributed by atoms with Gasteiger partial charge < -0.3 is 10.1 Å². The van der Waals surface area contributed by atoms with Crippen LogP contribution < -0.4 is 10.1 Å². The molecule has 0 aromatic heterocycles. The van der Waals surface area contributed by atoms with E-state index in [1.165, 1.54) is 11.1 Å². The van der Waals surface area contributed by atoms with Crippen LogP contribution in [0.5, 0.6) is 5.75 Å². The highest BCUT2D eigenvalue weighted by atomic mass is 35.5. The highest BCUT2D eigenvalue weighted by Gasteiger charge is 2.15. The van der Waals surface area contributed by atoms with Crippen LogP contribution in [0.4, 0.5) is 5.69 Å². The lowest BCUT2D eigenvalue weighted by Gasteiger charge is -2.20. The summed E-state index contributed by atoms with van der Waals surface area (Å²) in [6.07, 6.45) is 0. The summed E-state index contributed by atoms with van der Waals surface area (Å²) in [6.45, 7) is 9.11. The summed E-state index contributed by atoms with van der Waals surface area (Å²) < 4.78 is 5.65. The Morgan fingerprint density at radius 1 is 1.04 bits per heavy atom. The average molecular weight is 406 g/mol. The lowest BCUT2D eigenvalue weighted by molar-refractivity contribution is -0.113. The van der Waals surface area contributed by atoms with Gasteiger partial charge in [-0.1, -0.05) is 69.6 Å². The van der Waals surface area contributed by atoms with Gasteiger partial charge in [0.25, 0.3) is 0 Å². The summed E-state index contributed by atoms with van der Waals surface area (Å²) >= 11 is 7.62. The van der Waals surface area contributed by atoms with E-state index in [0.717, 1.165) is 11.4 Å². The van der Waals surface area contributed by atoms with Crippen molar-refractivity contribution in [1.29, 1.82) is 0 Å². The number of carbonyl (C=O) groups is 1. The minimum Gasteiger partial charge on any atom is -0.491 e. The van der Waals surface area contributed by atoms with Gasteiger partial charge in [-0.3, -0.25) is 4.79 Å². The van der Waals surface area contributed by atoms with Crippen molar-refractivity contribution in [2.24, 2.45) is 0 Å². The molecule has 1 N–H and O–H groups in total. The summed E-state index contributed by atoms with van der Waals surface area (Å²) in [5, 5.41) is 3.74. The van der Waals surface area contributed by atoms with Crippen molar-refractivity contribution in [3.63, 3.8) is 0 Å². The van der Waals surface area contributed by atoms with Crippen LogP contribution in [0, 0.1) is 0 Å². The molecule has 146 valence electrons. The van der Waals surface area contributed by atoms with Gasteiger partial charge in [-0.15, -0.1) is 11.8 Å². The summed E-state index contributed by atoms with van der Waals surface area (Å²) in [6, 6.07) is 13.7. The summed E-state index contributed by atoms with van der Waals surface area (Å²) in [5.41, 5.74) is 3.34. The molecule has 0 heterocycles. The molecule has 0 saturated carbocycles. The van der Waals surface area contributed by atoms with Gasteiger partial charge in [-0.2, -0.15) is 0 Å². The van der Waals surface area contributed by atoms with Crippen LogP contribution >= 0.6 is 23.4 Å². The Morgan fingerprint density at radius 3 is 2.26 bits per heavy atom. The van der Waals surface area contributed by atoms with E-state index in [1.807, 2.05) is 18.2 Å². The first-order valence-electron chi connectivity index (χ1n) is 9.27. The second-order valence-electron chi connectivity index (χ2n) is 7.00. The predicted molar refractivity (Wildman–Crippen MR) is 118 cm³/mol. The summed E-state index contributed by atoms with van der Waals surface area (Å²) in [4.78, 5) is 12.5. The molecule has 1 amide bonds. The van der Waals surface area contributed by atoms with Gasteiger partial charge in [0.15, 0.2) is 0 Å². The number of carbonyl (C=O) groups excluding carboxylic acids is 1. The molecule has 2 aromatic carbocycles. The smallest absolute Gasteiger partial charge is 0.234 e. The SMILES string of the molecule is CC(C)c1cccc(C(C)C)c1NC(=O)CSCCOc1ccccc1Cl. The van der Waals surface area contributed by atoms with Gasteiger partial charge >= 0.3 is 0 Å². The highest BCUT2D eigenvalue weighted by molar-refractivity contribution is 7.99. The van der Waals surface area contributed by atoms with Gasteiger partial charge in [0.2, 0.25) is 5.91 Å². The van der Waals surface area contributed by atoms with Crippen LogP contribution in [-0.4, -0.2) is 24.0 Å². The number of hydrogen-bond donors (Lipinski definition) is 1. The van der Waals surface area contributed by atoms with E-state index >= 15 is 0 Å². The van der Waals surface area contributed by atoms with Gasteiger partial charge in [-0.25, -0.2) is 0 Å². The van der Waals surface area contributed by atoms with E-state index in [-0.39, 0.29) is 5.91 Å². The van der Waals surface area contributed by atoms with Crippen LogP contribution in [0.15, 0.2) is 42.5 Å². The van der Waals surface area contributed by atoms with E-state index in [1.54, 1.807) is 17.8 Å². The maximum Gasteiger partial charge on any atom is 0.234 e. The molecule has 0 atom stereocenters. The number of ether oxygens (including phenoxy) is 1. The van der Waals surface area contributed by atoms with E-state index in [4.69, 9.17) is 16.3 Å². The molecule has 0 unspecified atom stereocenters.